The van der Waals surface area contributed by atoms with Crippen LogP contribution in [0.5, 0.6) is 0 Å². The average molecular weight is 280 g/mol. The zero-order chi connectivity index (χ0) is 14.5. The van der Waals surface area contributed by atoms with Crippen LogP contribution in [-0.2, 0) is 6.54 Å². The molecule has 0 aromatic carbocycles. The van der Waals surface area contributed by atoms with Crippen molar-refractivity contribution in [2.45, 2.75) is 38.4 Å². The predicted octanol–water partition coefficient (Wildman–Crippen LogP) is 0.433. The van der Waals surface area contributed by atoms with Crippen LogP contribution < -0.4 is 11.3 Å². The largest absolute Gasteiger partial charge is 0.334 e. The number of hydrazine groups is 1. The predicted molar refractivity (Wildman–Crippen MR) is 81.1 cm³/mol. The molecule has 0 saturated carbocycles. The molecule has 0 aliphatic carbocycles. The van der Waals surface area contributed by atoms with Gasteiger partial charge in [-0.05, 0) is 40.0 Å². The van der Waals surface area contributed by atoms with Crippen LogP contribution in [0.25, 0.3) is 0 Å². The molecule has 1 aliphatic rings. The van der Waals surface area contributed by atoms with E-state index in [1.807, 2.05) is 12.4 Å². The Labute approximate surface area is 121 Å². The maximum Gasteiger partial charge on any atom is 0.128 e. The summed E-state index contributed by atoms with van der Waals surface area (Å²) in [5, 5.41) is 0. The number of aromatic nitrogens is 2. The summed E-state index contributed by atoms with van der Waals surface area (Å²) in [4.78, 5) is 9.33. The van der Waals surface area contributed by atoms with Crippen molar-refractivity contribution in [2.75, 3.05) is 33.7 Å². The van der Waals surface area contributed by atoms with Gasteiger partial charge in [0.1, 0.15) is 5.82 Å². The molecule has 2 atom stereocenters. The van der Waals surface area contributed by atoms with E-state index in [0.717, 1.165) is 38.4 Å². The van der Waals surface area contributed by atoms with E-state index in [1.165, 1.54) is 6.42 Å². The Kier molecular flexibility index (Phi) is 5.54. The van der Waals surface area contributed by atoms with Crippen LogP contribution in [0.2, 0.25) is 0 Å². The van der Waals surface area contributed by atoms with Crippen LogP contribution in [0.3, 0.4) is 0 Å². The molecule has 1 saturated heterocycles. The van der Waals surface area contributed by atoms with Crippen LogP contribution >= 0.6 is 0 Å². The summed E-state index contributed by atoms with van der Waals surface area (Å²) in [5.74, 6) is 6.91. The van der Waals surface area contributed by atoms with E-state index >= 15 is 0 Å². The van der Waals surface area contributed by atoms with Crippen molar-refractivity contribution in [3.05, 3.63) is 18.2 Å². The normalized spacial score (nSPS) is 23.7. The van der Waals surface area contributed by atoms with E-state index in [1.54, 1.807) is 0 Å². The van der Waals surface area contributed by atoms with Crippen molar-refractivity contribution >= 4 is 0 Å². The number of aryl methyl sites for hydroxylation is 1. The molecule has 3 N–H and O–H groups in total. The molecule has 0 bridgehead atoms. The van der Waals surface area contributed by atoms with Crippen molar-refractivity contribution in [1.29, 1.82) is 0 Å². The third-order valence-corrected chi connectivity index (χ3v) is 4.17. The summed E-state index contributed by atoms with van der Waals surface area (Å²) in [7, 11) is 4.36. The van der Waals surface area contributed by atoms with Crippen LogP contribution in [-0.4, -0.2) is 59.1 Å². The number of nitrogens with two attached hydrogens (primary N) is 1. The van der Waals surface area contributed by atoms with Gasteiger partial charge in [-0.1, -0.05) is 6.92 Å². The number of nitrogens with one attached hydrogen (secondary N) is 1. The Hall–Kier alpha value is -0.950. The van der Waals surface area contributed by atoms with Gasteiger partial charge >= 0.3 is 0 Å². The molecule has 0 spiro atoms. The highest BCUT2D eigenvalue weighted by Gasteiger charge is 2.31. The van der Waals surface area contributed by atoms with Gasteiger partial charge in [0.05, 0.1) is 6.04 Å². The van der Waals surface area contributed by atoms with Crippen LogP contribution in [0.1, 0.15) is 31.6 Å². The number of nitrogens with zero attached hydrogens (tertiary/aromatic N) is 4. The fourth-order valence-corrected chi connectivity index (χ4v) is 3.05. The number of hydrogen-bond donors (Lipinski definition) is 2. The summed E-state index contributed by atoms with van der Waals surface area (Å²) >= 11 is 0. The van der Waals surface area contributed by atoms with Gasteiger partial charge in [-0.25, -0.2) is 10.4 Å². The maximum atomic E-state index is 5.87. The zero-order valence-electron chi connectivity index (χ0n) is 12.9. The van der Waals surface area contributed by atoms with Crippen molar-refractivity contribution < 1.29 is 0 Å². The third-order valence-electron chi connectivity index (χ3n) is 4.17. The van der Waals surface area contributed by atoms with Gasteiger partial charge in [0, 0.05) is 31.5 Å². The van der Waals surface area contributed by atoms with Crippen LogP contribution in [0, 0.1) is 0 Å². The standard InChI is InChI=1S/C14H28N6/c1-4-7-20-10-6-16-14(20)13(17-15)12-11-18(2)8-5-9-19(12)3/h6,10,12-13,17H,4-5,7-9,11,15H2,1-3H3. The SMILES string of the molecule is CCCn1ccnc1C(NN)C1CN(C)CCCN1C. The fraction of sp³-hybridized carbons (Fsp3) is 0.786. The lowest BCUT2D eigenvalue weighted by molar-refractivity contribution is 0.172. The molecular formula is C14H28N6. The number of hydrogen-bond acceptors (Lipinski definition) is 5. The minimum atomic E-state index is 0.0575. The van der Waals surface area contributed by atoms with E-state index < -0.39 is 0 Å². The second kappa shape index (κ2) is 7.17. The molecule has 114 valence electrons. The molecule has 1 aliphatic heterocycles. The maximum absolute atomic E-state index is 5.87. The Morgan fingerprint density at radius 1 is 1.45 bits per heavy atom. The minimum Gasteiger partial charge on any atom is -0.334 e. The van der Waals surface area contributed by atoms with E-state index in [2.05, 4.69) is 45.8 Å². The zero-order valence-corrected chi connectivity index (χ0v) is 12.9. The highest BCUT2D eigenvalue weighted by atomic mass is 15.3. The highest BCUT2D eigenvalue weighted by molar-refractivity contribution is 5.05. The second-order valence-corrected chi connectivity index (χ2v) is 5.79. The van der Waals surface area contributed by atoms with Gasteiger partial charge in [-0.3, -0.25) is 5.84 Å². The lowest BCUT2D eigenvalue weighted by Crippen LogP contribution is -2.49. The molecule has 1 aromatic rings. The van der Waals surface area contributed by atoms with E-state index in [9.17, 15) is 0 Å². The molecule has 2 unspecified atom stereocenters. The summed E-state index contributed by atoms with van der Waals surface area (Å²) in [6.45, 7) is 6.41. The second-order valence-electron chi connectivity index (χ2n) is 5.79. The first-order valence-electron chi connectivity index (χ1n) is 7.53. The Balaban J connectivity index is 2.22. The monoisotopic (exact) mass is 280 g/mol. The van der Waals surface area contributed by atoms with Gasteiger partial charge in [0.2, 0.25) is 0 Å². The summed E-state index contributed by atoms with van der Waals surface area (Å²) in [5.41, 5.74) is 3.00. The summed E-state index contributed by atoms with van der Waals surface area (Å²) in [6.07, 6.45) is 6.21. The van der Waals surface area contributed by atoms with Crippen molar-refractivity contribution in [1.82, 2.24) is 24.8 Å². The van der Waals surface area contributed by atoms with E-state index in [4.69, 9.17) is 5.84 Å². The number of likely N-dealkylation sites (N-methyl/N-ethyl adjacent to an activating group) is 2. The lowest BCUT2D eigenvalue weighted by Gasteiger charge is -2.34. The molecule has 1 aromatic heterocycles. The molecule has 6 heteroatoms. The number of imidazole rings is 1. The van der Waals surface area contributed by atoms with Crippen molar-refractivity contribution in [3.63, 3.8) is 0 Å². The first-order valence-corrected chi connectivity index (χ1v) is 7.53. The third kappa shape index (κ3) is 3.38. The molecular weight excluding hydrogens is 252 g/mol. The van der Waals surface area contributed by atoms with Gasteiger partial charge in [0.25, 0.3) is 0 Å². The quantitative estimate of drug-likeness (QED) is 0.605. The Bertz CT molecular complexity index is 404. The fourth-order valence-electron chi connectivity index (χ4n) is 3.05. The van der Waals surface area contributed by atoms with Gasteiger partial charge < -0.3 is 14.4 Å². The minimum absolute atomic E-state index is 0.0575. The molecule has 0 radical (unpaired) electrons. The number of rotatable bonds is 5. The van der Waals surface area contributed by atoms with Crippen LogP contribution in [0.15, 0.2) is 12.4 Å². The van der Waals surface area contributed by atoms with E-state index in [0.29, 0.717) is 6.04 Å². The first-order chi connectivity index (χ1) is 9.67. The molecule has 2 heterocycles. The summed E-state index contributed by atoms with van der Waals surface area (Å²) < 4.78 is 2.21. The van der Waals surface area contributed by atoms with Gasteiger partial charge in [-0.15, -0.1) is 0 Å². The van der Waals surface area contributed by atoms with Crippen LogP contribution in [0.4, 0.5) is 0 Å². The Morgan fingerprint density at radius 3 is 2.95 bits per heavy atom. The van der Waals surface area contributed by atoms with Gasteiger partial charge in [-0.2, -0.15) is 0 Å². The summed E-state index contributed by atoms with van der Waals surface area (Å²) in [6, 6.07) is 0.396. The topological polar surface area (TPSA) is 62.4 Å². The van der Waals surface area contributed by atoms with Crippen molar-refractivity contribution in [2.24, 2.45) is 5.84 Å². The lowest BCUT2D eigenvalue weighted by atomic mass is 10.1. The molecule has 6 nitrogen and oxygen atoms in total. The highest BCUT2D eigenvalue weighted by Crippen LogP contribution is 2.21. The van der Waals surface area contributed by atoms with Gasteiger partial charge in [0.15, 0.2) is 0 Å². The first kappa shape index (κ1) is 15.4. The molecule has 1 fully saturated rings. The Morgan fingerprint density at radius 2 is 2.25 bits per heavy atom. The van der Waals surface area contributed by atoms with E-state index in [-0.39, 0.29) is 6.04 Å². The smallest absolute Gasteiger partial charge is 0.128 e. The molecule has 20 heavy (non-hydrogen) atoms. The average Bonchev–Trinajstić information content (AvgIpc) is 2.80. The van der Waals surface area contributed by atoms with Crippen molar-refractivity contribution in [3.8, 4) is 0 Å². The molecule has 2 rings (SSSR count). The molecule has 0 amide bonds.